The average molecular weight is 796 g/mol. The minimum absolute atomic E-state index is 1.10. The van der Waals surface area contributed by atoms with Gasteiger partial charge in [0.2, 0.25) is 0 Å². The number of para-hydroxylation sites is 2. The third-order valence-corrected chi connectivity index (χ3v) is 13.2. The second-order valence-electron chi connectivity index (χ2n) is 15.6. The summed E-state index contributed by atoms with van der Waals surface area (Å²) in [6, 6.07) is 77.4. The highest BCUT2D eigenvalue weighted by Crippen LogP contribution is 2.45. The van der Waals surface area contributed by atoms with E-state index in [1.165, 1.54) is 69.6 Å². The molecule has 3 aromatic heterocycles. The molecule has 0 aliphatic carbocycles. The standard InChI is InChI=1S/C57H37N3S/c1-2-12-38(13-3-1)39-24-27-44(28-25-39)59(45-29-30-50-49-19-6-9-23-56(49)61-57(50)36-45)52-20-7-4-17-46(52)42-15-10-14-40(34-42)41-26-31-55-51(35-41)48-18-5-8-21-54(48)60(55)53-22-11-16-43-37-58-33-32-47(43)53/h1-37H. The van der Waals surface area contributed by atoms with Gasteiger partial charge in [0.25, 0.3) is 0 Å². The Morgan fingerprint density at radius 3 is 1.98 bits per heavy atom. The molecule has 0 aliphatic rings. The van der Waals surface area contributed by atoms with Crippen molar-refractivity contribution in [3.63, 3.8) is 0 Å². The van der Waals surface area contributed by atoms with Gasteiger partial charge in [-0.1, -0.05) is 140 Å². The lowest BCUT2D eigenvalue weighted by molar-refractivity contribution is 1.19. The number of rotatable bonds is 7. The Bertz CT molecular complexity index is 3590. The molecule has 12 rings (SSSR count). The highest BCUT2D eigenvalue weighted by Gasteiger charge is 2.20. The van der Waals surface area contributed by atoms with Crippen molar-refractivity contribution in [1.82, 2.24) is 9.55 Å². The van der Waals surface area contributed by atoms with Gasteiger partial charge >= 0.3 is 0 Å². The minimum atomic E-state index is 1.10. The summed E-state index contributed by atoms with van der Waals surface area (Å²) < 4.78 is 4.98. The SMILES string of the molecule is c1ccc(-c2ccc(N(c3ccc4c(c3)sc3ccccc34)c3ccccc3-c3cccc(-c4ccc5c(c4)c4ccccc4n5-c4cccc5cnccc45)c3)cc2)cc1. The van der Waals surface area contributed by atoms with Crippen LogP contribution >= 0.6 is 11.3 Å². The van der Waals surface area contributed by atoms with Gasteiger partial charge in [0.15, 0.2) is 0 Å². The second kappa shape index (κ2) is 14.5. The Balaban J connectivity index is 0.991. The smallest absolute Gasteiger partial charge is 0.0541 e. The molecule has 0 fully saturated rings. The van der Waals surface area contributed by atoms with Crippen LogP contribution in [0.2, 0.25) is 0 Å². The fraction of sp³-hybridized carbons (Fsp3) is 0. The number of hydrogen-bond acceptors (Lipinski definition) is 3. The van der Waals surface area contributed by atoms with Crippen molar-refractivity contribution in [1.29, 1.82) is 0 Å². The van der Waals surface area contributed by atoms with Crippen LogP contribution in [0.4, 0.5) is 17.1 Å². The number of thiophene rings is 1. The first-order chi connectivity index (χ1) is 30.2. The van der Waals surface area contributed by atoms with E-state index in [0.29, 0.717) is 0 Å². The summed E-state index contributed by atoms with van der Waals surface area (Å²) in [6.45, 7) is 0. The zero-order valence-electron chi connectivity index (χ0n) is 33.1. The largest absolute Gasteiger partial charge is 0.310 e. The minimum Gasteiger partial charge on any atom is -0.310 e. The van der Waals surface area contributed by atoms with Crippen LogP contribution in [0.25, 0.3) is 91.8 Å². The molecule has 0 saturated carbocycles. The molecule has 12 aromatic rings. The van der Waals surface area contributed by atoms with Gasteiger partial charge in [-0.2, -0.15) is 0 Å². The van der Waals surface area contributed by atoms with Crippen LogP contribution in [0.15, 0.2) is 225 Å². The van der Waals surface area contributed by atoms with Gasteiger partial charge in [-0.05, 0) is 101 Å². The quantitative estimate of drug-likeness (QED) is 0.160. The predicted molar refractivity (Wildman–Crippen MR) is 260 cm³/mol. The maximum Gasteiger partial charge on any atom is 0.0541 e. The lowest BCUT2D eigenvalue weighted by Gasteiger charge is -2.28. The molecular formula is C57H37N3S. The molecule has 0 radical (unpaired) electrons. The van der Waals surface area contributed by atoms with Crippen LogP contribution in [0, 0.1) is 0 Å². The van der Waals surface area contributed by atoms with Crippen LogP contribution < -0.4 is 4.90 Å². The van der Waals surface area contributed by atoms with Gasteiger partial charge < -0.3 is 9.47 Å². The zero-order valence-corrected chi connectivity index (χ0v) is 33.9. The molecule has 0 bridgehead atoms. The van der Waals surface area contributed by atoms with E-state index in [1.54, 1.807) is 0 Å². The Morgan fingerprint density at radius 1 is 0.393 bits per heavy atom. The Labute approximate surface area is 357 Å². The van der Waals surface area contributed by atoms with Crippen LogP contribution in [0.5, 0.6) is 0 Å². The van der Waals surface area contributed by atoms with E-state index in [1.807, 2.05) is 23.7 Å². The summed E-state index contributed by atoms with van der Waals surface area (Å²) in [6.07, 6.45) is 3.83. The fourth-order valence-corrected chi connectivity index (χ4v) is 10.3. The first-order valence-electron chi connectivity index (χ1n) is 20.7. The number of fused-ring (bicyclic) bond motifs is 7. The highest BCUT2D eigenvalue weighted by molar-refractivity contribution is 7.25. The second-order valence-corrected chi connectivity index (χ2v) is 16.7. The number of anilines is 3. The van der Waals surface area contributed by atoms with E-state index in [4.69, 9.17) is 0 Å². The highest BCUT2D eigenvalue weighted by atomic mass is 32.1. The molecular weight excluding hydrogens is 759 g/mol. The summed E-state index contributed by atoms with van der Waals surface area (Å²) in [4.78, 5) is 6.82. The summed E-state index contributed by atoms with van der Waals surface area (Å²) in [7, 11) is 0. The van der Waals surface area contributed by atoms with Gasteiger partial charge in [0.1, 0.15) is 0 Å². The molecule has 61 heavy (non-hydrogen) atoms. The van der Waals surface area contributed by atoms with Crippen molar-refractivity contribution in [3.05, 3.63) is 225 Å². The number of nitrogens with zero attached hydrogens (tertiary/aromatic N) is 3. The molecule has 9 aromatic carbocycles. The number of aromatic nitrogens is 2. The third kappa shape index (κ3) is 5.99. The molecule has 3 heterocycles. The van der Waals surface area contributed by atoms with Crippen LogP contribution in [-0.2, 0) is 0 Å². The molecule has 0 amide bonds. The lowest BCUT2D eigenvalue weighted by Crippen LogP contribution is -2.11. The Morgan fingerprint density at radius 2 is 1.07 bits per heavy atom. The van der Waals surface area contributed by atoms with E-state index in [-0.39, 0.29) is 0 Å². The van der Waals surface area contributed by atoms with Gasteiger partial charge in [-0.15, -0.1) is 11.3 Å². The van der Waals surface area contributed by atoms with Crippen molar-refractivity contribution in [3.8, 4) is 39.1 Å². The van der Waals surface area contributed by atoms with Crippen LogP contribution in [-0.4, -0.2) is 9.55 Å². The van der Waals surface area contributed by atoms with Gasteiger partial charge in [0.05, 0.1) is 22.4 Å². The third-order valence-electron chi connectivity index (χ3n) is 12.1. The normalized spacial score (nSPS) is 11.6. The Hall–Kier alpha value is -7.79. The first-order valence-corrected chi connectivity index (χ1v) is 21.5. The maximum atomic E-state index is 4.40. The van der Waals surface area contributed by atoms with E-state index in [0.717, 1.165) is 39.3 Å². The molecule has 4 heteroatoms. The topological polar surface area (TPSA) is 21.1 Å². The number of pyridine rings is 1. The summed E-state index contributed by atoms with van der Waals surface area (Å²) >= 11 is 1.85. The molecule has 0 unspecified atom stereocenters. The van der Waals surface area contributed by atoms with Crippen molar-refractivity contribution in [2.45, 2.75) is 0 Å². The Kier molecular flexibility index (Phi) is 8.36. The first kappa shape index (κ1) is 35.2. The summed E-state index contributed by atoms with van der Waals surface area (Å²) in [5.74, 6) is 0. The van der Waals surface area contributed by atoms with Crippen molar-refractivity contribution >= 4 is 81.1 Å². The van der Waals surface area contributed by atoms with E-state index in [9.17, 15) is 0 Å². The lowest BCUT2D eigenvalue weighted by atomic mass is 9.96. The van der Waals surface area contributed by atoms with Gasteiger partial charge in [-0.25, -0.2) is 0 Å². The molecule has 0 N–H and O–H groups in total. The van der Waals surface area contributed by atoms with E-state index in [2.05, 4.69) is 227 Å². The predicted octanol–water partition coefficient (Wildman–Crippen LogP) is 16.2. The summed E-state index contributed by atoms with van der Waals surface area (Å²) in [5.41, 5.74) is 14.0. The molecule has 3 nitrogen and oxygen atoms in total. The fourth-order valence-electron chi connectivity index (χ4n) is 9.21. The van der Waals surface area contributed by atoms with Crippen molar-refractivity contribution < 1.29 is 0 Å². The molecule has 0 spiro atoms. The summed E-state index contributed by atoms with van der Waals surface area (Å²) in [5, 5.41) is 7.37. The molecule has 286 valence electrons. The van der Waals surface area contributed by atoms with Gasteiger partial charge in [-0.3, -0.25) is 4.98 Å². The molecule has 0 atom stereocenters. The van der Waals surface area contributed by atoms with Crippen LogP contribution in [0.1, 0.15) is 0 Å². The number of benzene rings is 9. The van der Waals surface area contributed by atoms with Crippen LogP contribution in [0.3, 0.4) is 0 Å². The average Bonchev–Trinajstić information content (AvgIpc) is 3.87. The van der Waals surface area contributed by atoms with E-state index < -0.39 is 0 Å². The molecule has 0 aliphatic heterocycles. The van der Waals surface area contributed by atoms with Crippen molar-refractivity contribution in [2.24, 2.45) is 0 Å². The maximum absolute atomic E-state index is 4.40. The van der Waals surface area contributed by atoms with E-state index >= 15 is 0 Å². The number of hydrogen-bond donors (Lipinski definition) is 0. The zero-order chi connectivity index (χ0) is 40.3. The van der Waals surface area contributed by atoms with Crippen molar-refractivity contribution in [2.75, 3.05) is 4.90 Å². The molecule has 0 saturated heterocycles. The monoisotopic (exact) mass is 795 g/mol. The van der Waals surface area contributed by atoms with Gasteiger partial charge in [0, 0.05) is 71.0 Å².